The van der Waals surface area contributed by atoms with Crippen LogP contribution in [0.2, 0.25) is 0 Å². The molecule has 0 bridgehead atoms. The van der Waals surface area contributed by atoms with E-state index < -0.39 is 5.79 Å². The van der Waals surface area contributed by atoms with Crippen LogP contribution in [0.1, 0.15) is 53.0 Å². The number of ether oxygens (including phenoxy) is 4. The van der Waals surface area contributed by atoms with Crippen LogP contribution in [0.15, 0.2) is 30.3 Å². The number of hydrogen-bond donors (Lipinski definition) is 0. The molecule has 2 saturated heterocycles. The van der Waals surface area contributed by atoms with E-state index in [4.69, 9.17) is 18.9 Å². The largest absolute Gasteiger partial charge is 0.347 e. The lowest BCUT2D eigenvalue weighted by Crippen LogP contribution is -2.64. The fourth-order valence-electron chi connectivity index (χ4n) is 4.87. The number of benzene rings is 1. The quantitative estimate of drug-likeness (QED) is 0.801. The SMILES string of the molecule is C[C@H]1OC(C[C@@H]2CC3(O[C@H](C)[C@@H](C)O3)[C@@]2(C)Cc2ccccc2)O[C@@H]1C. The molecule has 4 rings (SSSR count). The monoisotopic (exact) mass is 360 g/mol. The van der Waals surface area contributed by atoms with E-state index in [1.165, 1.54) is 5.56 Å². The van der Waals surface area contributed by atoms with Gasteiger partial charge in [0, 0.05) is 18.3 Å². The maximum atomic E-state index is 6.42. The third-order valence-corrected chi connectivity index (χ3v) is 6.98. The molecule has 0 aromatic heterocycles. The van der Waals surface area contributed by atoms with Crippen molar-refractivity contribution >= 4 is 0 Å². The van der Waals surface area contributed by atoms with Gasteiger partial charge in [-0.1, -0.05) is 37.3 Å². The summed E-state index contributed by atoms with van der Waals surface area (Å²) in [6, 6.07) is 10.7. The van der Waals surface area contributed by atoms with Crippen molar-refractivity contribution in [3.05, 3.63) is 35.9 Å². The topological polar surface area (TPSA) is 36.9 Å². The zero-order chi connectivity index (χ0) is 18.5. The van der Waals surface area contributed by atoms with Crippen molar-refractivity contribution in [2.75, 3.05) is 0 Å². The molecule has 0 unspecified atom stereocenters. The molecule has 1 spiro atoms. The first-order valence-electron chi connectivity index (χ1n) is 10.0. The van der Waals surface area contributed by atoms with Crippen molar-refractivity contribution in [1.29, 1.82) is 0 Å². The normalized spacial score (nSPS) is 42.3. The zero-order valence-electron chi connectivity index (χ0n) is 16.6. The van der Waals surface area contributed by atoms with Crippen molar-refractivity contribution in [2.24, 2.45) is 11.3 Å². The maximum absolute atomic E-state index is 6.42. The molecule has 3 aliphatic rings. The van der Waals surface area contributed by atoms with Crippen LogP contribution in [-0.2, 0) is 25.4 Å². The molecule has 0 N–H and O–H groups in total. The van der Waals surface area contributed by atoms with Crippen molar-refractivity contribution in [3.8, 4) is 0 Å². The lowest BCUT2D eigenvalue weighted by Gasteiger charge is -2.60. The van der Waals surface area contributed by atoms with E-state index in [9.17, 15) is 0 Å². The molecule has 2 aliphatic heterocycles. The number of hydrogen-bond acceptors (Lipinski definition) is 4. The molecule has 0 amide bonds. The highest BCUT2D eigenvalue weighted by Crippen LogP contribution is 2.63. The van der Waals surface area contributed by atoms with E-state index in [0.29, 0.717) is 5.92 Å². The Morgan fingerprint density at radius 3 is 2.04 bits per heavy atom. The minimum Gasteiger partial charge on any atom is -0.347 e. The standard InChI is InChI=1S/C22H32O4/c1-14-15(2)24-20(23-14)11-19-13-22(25-16(3)17(4)26-22)21(19,5)12-18-9-7-6-8-10-18/h6-10,14-17,19-20H,11-13H2,1-5H3/t14-,15-,16-,17-,19-,21+/m1/s1. The van der Waals surface area contributed by atoms with Crippen LogP contribution in [0.4, 0.5) is 0 Å². The van der Waals surface area contributed by atoms with E-state index in [2.05, 4.69) is 65.0 Å². The predicted molar refractivity (Wildman–Crippen MR) is 99.7 cm³/mol. The van der Waals surface area contributed by atoms with Gasteiger partial charge in [0.2, 0.25) is 0 Å². The molecule has 2 heterocycles. The van der Waals surface area contributed by atoms with Gasteiger partial charge in [0.15, 0.2) is 12.1 Å². The van der Waals surface area contributed by atoms with E-state index in [0.717, 1.165) is 19.3 Å². The highest BCUT2D eigenvalue weighted by molar-refractivity contribution is 5.21. The molecule has 4 nitrogen and oxygen atoms in total. The lowest BCUT2D eigenvalue weighted by molar-refractivity contribution is -0.337. The van der Waals surface area contributed by atoms with Gasteiger partial charge < -0.3 is 18.9 Å². The van der Waals surface area contributed by atoms with E-state index in [-0.39, 0.29) is 36.1 Å². The molecule has 1 aromatic carbocycles. The fourth-order valence-corrected chi connectivity index (χ4v) is 4.87. The smallest absolute Gasteiger partial charge is 0.175 e. The minimum absolute atomic E-state index is 0.0881. The summed E-state index contributed by atoms with van der Waals surface area (Å²) >= 11 is 0. The Hall–Kier alpha value is -0.940. The minimum atomic E-state index is -0.484. The number of rotatable bonds is 4. The van der Waals surface area contributed by atoms with Crippen molar-refractivity contribution in [3.63, 3.8) is 0 Å². The second kappa shape index (κ2) is 6.59. The third kappa shape index (κ3) is 2.91. The highest BCUT2D eigenvalue weighted by atomic mass is 16.8. The van der Waals surface area contributed by atoms with Gasteiger partial charge in [-0.3, -0.25) is 0 Å². The molecular weight excluding hydrogens is 328 g/mol. The first-order valence-corrected chi connectivity index (χ1v) is 10.0. The molecule has 4 heteroatoms. The average molecular weight is 360 g/mol. The molecule has 1 aromatic rings. The van der Waals surface area contributed by atoms with Gasteiger partial charge in [-0.25, -0.2) is 0 Å². The summed E-state index contributed by atoms with van der Waals surface area (Å²) in [5.41, 5.74) is 1.24. The van der Waals surface area contributed by atoms with Crippen LogP contribution in [0.3, 0.4) is 0 Å². The van der Waals surface area contributed by atoms with Gasteiger partial charge >= 0.3 is 0 Å². The molecule has 144 valence electrons. The van der Waals surface area contributed by atoms with Crippen molar-refractivity contribution in [2.45, 2.75) is 90.4 Å². The Kier molecular flexibility index (Phi) is 4.67. The van der Waals surface area contributed by atoms with Crippen LogP contribution in [-0.4, -0.2) is 36.5 Å². The van der Waals surface area contributed by atoms with Crippen LogP contribution in [0, 0.1) is 11.3 Å². The summed E-state index contributed by atoms with van der Waals surface area (Å²) in [6.45, 7) is 10.7. The van der Waals surface area contributed by atoms with Gasteiger partial charge in [0.25, 0.3) is 0 Å². The Bertz CT molecular complexity index is 610. The van der Waals surface area contributed by atoms with Gasteiger partial charge in [0.1, 0.15) is 0 Å². The fraction of sp³-hybridized carbons (Fsp3) is 0.727. The first-order chi connectivity index (χ1) is 12.3. The predicted octanol–water partition coefficient (Wildman–Crippen LogP) is 4.32. The molecule has 1 aliphatic carbocycles. The summed E-state index contributed by atoms with van der Waals surface area (Å²) < 4.78 is 24.9. The van der Waals surface area contributed by atoms with E-state index >= 15 is 0 Å². The Morgan fingerprint density at radius 1 is 0.885 bits per heavy atom. The first kappa shape index (κ1) is 18.4. The summed E-state index contributed by atoms with van der Waals surface area (Å²) in [5.74, 6) is -0.0370. The van der Waals surface area contributed by atoms with E-state index in [1.807, 2.05) is 0 Å². The molecule has 26 heavy (non-hydrogen) atoms. The highest BCUT2D eigenvalue weighted by Gasteiger charge is 2.68. The van der Waals surface area contributed by atoms with Gasteiger partial charge in [0.05, 0.1) is 24.4 Å². The van der Waals surface area contributed by atoms with Gasteiger partial charge in [-0.2, -0.15) is 0 Å². The second-order valence-corrected chi connectivity index (χ2v) is 8.73. The van der Waals surface area contributed by atoms with Crippen LogP contribution in [0.5, 0.6) is 0 Å². The Balaban J connectivity index is 1.55. The molecule has 3 fully saturated rings. The van der Waals surface area contributed by atoms with Crippen molar-refractivity contribution in [1.82, 2.24) is 0 Å². The van der Waals surface area contributed by atoms with Crippen LogP contribution < -0.4 is 0 Å². The molecule has 1 saturated carbocycles. The van der Waals surface area contributed by atoms with Crippen LogP contribution in [0.25, 0.3) is 0 Å². The van der Waals surface area contributed by atoms with Crippen LogP contribution >= 0.6 is 0 Å². The third-order valence-electron chi connectivity index (χ3n) is 6.98. The Labute approximate surface area is 157 Å². The zero-order valence-corrected chi connectivity index (χ0v) is 16.6. The summed E-state index contributed by atoms with van der Waals surface area (Å²) in [6.07, 6.45) is 3.22. The molecular formula is C22H32O4. The maximum Gasteiger partial charge on any atom is 0.175 e. The summed E-state index contributed by atoms with van der Waals surface area (Å²) in [5, 5.41) is 0. The molecule has 0 radical (unpaired) electrons. The lowest BCUT2D eigenvalue weighted by atomic mass is 9.52. The second-order valence-electron chi connectivity index (χ2n) is 8.73. The molecule has 6 atom stereocenters. The summed E-state index contributed by atoms with van der Waals surface area (Å²) in [4.78, 5) is 0. The van der Waals surface area contributed by atoms with Gasteiger partial charge in [-0.15, -0.1) is 0 Å². The van der Waals surface area contributed by atoms with E-state index in [1.54, 1.807) is 0 Å². The van der Waals surface area contributed by atoms with Gasteiger partial charge in [-0.05, 0) is 45.6 Å². The summed E-state index contributed by atoms with van der Waals surface area (Å²) in [7, 11) is 0. The van der Waals surface area contributed by atoms with Crippen molar-refractivity contribution < 1.29 is 18.9 Å². The average Bonchev–Trinajstić information content (AvgIpc) is 3.08. The Morgan fingerprint density at radius 2 is 1.46 bits per heavy atom.